The molecule has 2 rings (SSSR count). The topological polar surface area (TPSA) is 116 Å². The maximum absolute atomic E-state index is 12.2. The molecule has 0 aliphatic carbocycles. The Morgan fingerprint density at radius 1 is 1.30 bits per heavy atom. The number of nitrogens with one attached hydrogen (secondary N) is 1. The maximum atomic E-state index is 12.2. The summed E-state index contributed by atoms with van der Waals surface area (Å²) < 4.78 is 29.6. The van der Waals surface area contributed by atoms with E-state index in [1.54, 1.807) is 18.2 Å². The van der Waals surface area contributed by atoms with E-state index in [0.717, 1.165) is 0 Å². The van der Waals surface area contributed by atoms with Gasteiger partial charge in [-0.3, -0.25) is 9.59 Å². The van der Waals surface area contributed by atoms with Crippen molar-refractivity contribution in [3.05, 3.63) is 30.3 Å². The molecule has 1 aliphatic heterocycles. The number of nitrogens with two attached hydrogens (primary N) is 1. The van der Waals surface area contributed by atoms with E-state index in [1.165, 1.54) is 12.1 Å². The Bertz CT molecular complexity index is 654. The number of rotatable bonds is 7. The van der Waals surface area contributed by atoms with Crippen molar-refractivity contribution in [1.29, 1.82) is 0 Å². The second kappa shape index (κ2) is 7.56. The average Bonchev–Trinajstić information content (AvgIpc) is 3.06. The summed E-state index contributed by atoms with van der Waals surface area (Å²) >= 11 is 0. The van der Waals surface area contributed by atoms with Crippen molar-refractivity contribution in [2.75, 3.05) is 19.0 Å². The van der Waals surface area contributed by atoms with Crippen LogP contribution in [-0.2, 0) is 24.2 Å². The number of primary amides is 1. The third-order valence-electron chi connectivity index (χ3n) is 3.74. The van der Waals surface area contributed by atoms with Gasteiger partial charge in [-0.05, 0) is 25.0 Å². The first-order chi connectivity index (χ1) is 10.9. The van der Waals surface area contributed by atoms with Gasteiger partial charge in [-0.25, -0.2) is 8.42 Å². The van der Waals surface area contributed by atoms with Gasteiger partial charge < -0.3 is 15.8 Å². The summed E-state index contributed by atoms with van der Waals surface area (Å²) in [5, 5.41) is 2.52. The molecule has 1 aliphatic rings. The van der Waals surface area contributed by atoms with Crippen molar-refractivity contribution in [2.45, 2.75) is 23.8 Å². The molecular weight excluding hydrogens is 320 g/mol. The lowest BCUT2D eigenvalue weighted by atomic mass is 10.1. The van der Waals surface area contributed by atoms with Crippen LogP contribution >= 0.6 is 0 Å². The summed E-state index contributed by atoms with van der Waals surface area (Å²) in [5.41, 5.74) is 5.27. The summed E-state index contributed by atoms with van der Waals surface area (Å²) in [5.74, 6) is -1.67. The van der Waals surface area contributed by atoms with Crippen LogP contribution in [0.1, 0.15) is 12.8 Å². The van der Waals surface area contributed by atoms with Crippen molar-refractivity contribution in [3.63, 3.8) is 0 Å². The summed E-state index contributed by atoms with van der Waals surface area (Å²) in [4.78, 5) is 23.7. The highest BCUT2D eigenvalue weighted by molar-refractivity contribution is 7.91. The van der Waals surface area contributed by atoms with Gasteiger partial charge in [0.1, 0.15) is 6.04 Å². The van der Waals surface area contributed by atoms with Crippen molar-refractivity contribution >= 4 is 21.7 Å². The number of hydrogen-bond acceptors (Lipinski definition) is 5. The molecule has 1 saturated heterocycles. The van der Waals surface area contributed by atoms with Crippen molar-refractivity contribution in [1.82, 2.24) is 5.32 Å². The first kappa shape index (κ1) is 17.4. The van der Waals surface area contributed by atoms with E-state index in [0.29, 0.717) is 19.6 Å². The maximum Gasteiger partial charge on any atom is 0.240 e. The predicted molar refractivity (Wildman–Crippen MR) is 83.2 cm³/mol. The fourth-order valence-electron chi connectivity index (χ4n) is 2.34. The molecule has 0 radical (unpaired) electrons. The predicted octanol–water partition coefficient (Wildman–Crippen LogP) is -0.143. The molecule has 0 unspecified atom stereocenters. The first-order valence-electron chi connectivity index (χ1n) is 7.35. The minimum atomic E-state index is -3.53. The highest BCUT2D eigenvalue weighted by atomic mass is 32.2. The van der Waals surface area contributed by atoms with E-state index in [2.05, 4.69) is 5.32 Å². The van der Waals surface area contributed by atoms with Crippen LogP contribution < -0.4 is 11.1 Å². The first-order valence-corrected chi connectivity index (χ1v) is 9.00. The lowest BCUT2D eigenvalue weighted by Crippen LogP contribution is -2.47. The van der Waals surface area contributed by atoms with Crippen LogP contribution in [0, 0.1) is 5.92 Å². The van der Waals surface area contributed by atoms with Gasteiger partial charge in [0.05, 0.1) is 23.2 Å². The zero-order valence-electron chi connectivity index (χ0n) is 12.6. The molecule has 126 valence electrons. The fourth-order valence-corrected chi connectivity index (χ4v) is 3.69. The molecule has 1 heterocycles. The van der Waals surface area contributed by atoms with E-state index in [9.17, 15) is 18.0 Å². The third kappa shape index (κ3) is 4.77. The van der Waals surface area contributed by atoms with Crippen LogP contribution in [0.4, 0.5) is 0 Å². The van der Waals surface area contributed by atoms with E-state index in [1.807, 2.05) is 0 Å². The van der Waals surface area contributed by atoms with Gasteiger partial charge in [-0.2, -0.15) is 0 Å². The molecule has 1 fully saturated rings. The molecule has 0 bridgehead atoms. The van der Waals surface area contributed by atoms with E-state index < -0.39 is 21.8 Å². The highest BCUT2D eigenvalue weighted by Crippen LogP contribution is 2.14. The van der Waals surface area contributed by atoms with Gasteiger partial charge in [0, 0.05) is 6.61 Å². The van der Waals surface area contributed by atoms with Crippen LogP contribution in [0.5, 0.6) is 0 Å². The summed E-state index contributed by atoms with van der Waals surface area (Å²) in [6, 6.07) is 6.93. The van der Waals surface area contributed by atoms with Crippen molar-refractivity contribution in [2.24, 2.45) is 11.7 Å². The number of carbonyl (C=O) groups is 2. The lowest BCUT2D eigenvalue weighted by Gasteiger charge is -2.17. The number of hydrogen-bond donors (Lipinski definition) is 2. The Morgan fingerprint density at radius 2 is 2.00 bits per heavy atom. The minimum absolute atomic E-state index is 0.0636. The normalized spacial score (nSPS) is 19.2. The van der Waals surface area contributed by atoms with Crippen LogP contribution in [0.2, 0.25) is 0 Å². The van der Waals surface area contributed by atoms with Gasteiger partial charge in [0.15, 0.2) is 9.84 Å². The van der Waals surface area contributed by atoms with Crippen molar-refractivity contribution < 1.29 is 22.7 Å². The Morgan fingerprint density at radius 3 is 2.57 bits per heavy atom. The van der Waals surface area contributed by atoms with Crippen LogP contribution in [-0.4, -0.2) is 45.2 Å². The highest BCUT2D eigenvalue weighted by Gasteiger charge is 2.28. The molecular formula is C15H20N2O5S. The zero-order chi connectivity index (χ0) is 16.9. The summed E-state index contributed by atoms with van der Waals surface area (Å²) in [6.07, 6.45) is 0.519. The second-order valence-corrected chi connectivity index (χ2v) is 7.55. The fraction of sp³-hybridized carbons (Fsp3) is 0.467. The molecule has 1 aromatic rings. The van der Waals surface area contributed by atoms with Gasteiger partial charge >= 0.3 is 0 Å². The van der Waals surface area contributed by atoms with E-state index in [4.69, 9.17) is 10.5 Å². The van der Waals surface area contributed by atoms with E-state index in [-0.39, 0.29) is 28.9 Å². The minimum Gasteiger partial charge on any atom is -0.381 e. The number of sulfone groups is 1. The smallest absolute Gasteiger partial charge is 0.240 e. The summed E-state index contributed by atoms with van der Waals surface area (Å²) in [7, 11) is -3.53. The number of ether oxygens (including phenoxy) is 1. The monoisotopic (exact) mass is 340 g/mol. The molecule has 8 heteroatoms. The molecule has 2 atom stereocenters. The molecule has 1 aromatic carbocycles. The number of carbonyl (C=O) groups excluding carboxylic acids is 2. The number of amides is 2. The van der Waals surface area contributed by atoms with Crippen LogP contribution in [0.15, 0.2) is 35.2 Å². The molecule has 3 N–H and O–H groups in total. The Balaban J connectivity index is 1.97. The Hall–Kier alpha value is -1.93. The third-order valence-corrected chi connectivity index (χ3v) is 5.50. The van der Waals surface area contributed by atoms with Crippen LogP contribution in [0.25, 0.3) is 0 Å². The average molecular weight is 340 g/mol. The van der Waals surface area contributed by atoms with Gasteiger partial charge in [-0.15, -0.1) is 0 Å². The molecule has 2 amide bonds. The van der Waals surface area contributed by atoms with Crippen molar-refractivity contribution in [3.8, 4) is 0 Å². The Labute approximate surface area is 135 Å². The molecule has 0 spiro atoms. The van der Waals surface area contributed by atoms with E-state index >= 15 is 0 Å². The quantitative estimate of drug-likeness (QED) is 0.716. The molecule has 23 heavy (non-hydrogen) atoms. The van der Waals surface area contributed by atoms with Gasteiger partial charge in [0.2, 0.25) is 11.8 Å². The zero-order valence-corrected chi connectivity index (χ0v) is 13.4. The standard InChI is InChI=1S/C15H20N2O5S/c16-14(18)13(17-15(19)11-6-8-22-10-11)7-9-23(20,21)12-4-2-1-3-5-12/h1-5,11,13H,6-10H2,(H2,16,18)(H,17,19)/t11-,13+/m1/s1. The SMILES string of the molecule is NC(=O)[C@H](CCS(=O)(=O)c1ccccc1)NC(=O)[C@@H]1CCOC1. The second-order valence-electron chi connectivity index (χ2n) is 5.44. The largest absolute Gasteiger partial charge is 0.381 e. The molecule has 7 nitrogen and oxygen atoms in total. The Kier molecular flexibility index (Phi) is 5.73. The van der Waals surface area contributed by atoms with Crippen LogP contribution in [0.3, 0.4) is 0 Å². The molecule has 0 saturated carbocycles. The number of benzene rings is 1. The summed E-state index contributed by atoms with van der Waals surface area (Å²) in [6.45, 7) is 0.807. The lowest BCUT2D eigenvalue weighted by molar-refractivity contribution is -0.129. The van der Waals surface area contributed by atoms with Gasteiger partial charge in [-0.1, -0.05) is 18.2 Å². The van der Waals surface area contributed by atoms with Gasteiger partial charge in [0.25, 0.3) is 0 Å². The molecule has 0 aromatic heterocycles.